The van der Waals surface area contributed by atoms with Gasteiger partial charge in [0.05, 0.1) is 12.0 Å². The van der Waals surface area contributed by atoms with E-state index in [1.54, 1.807) is 36.4 Å². The van der Waals surface area contributed by atoms with E-state index in [1.807, 2.05) is 13.8 Å². The maximum Gasteiger partial charge on any atom is 0.351 e. The molecule has 1 amide bonds. The van der Waals surface area contributed by atoms with Crippen molar-refractivity contribution in [2.24, 2.45) is 0 Å². The van der Waals surface area contributed by atoms with E-state index in [2.05, 4.69) is 10.4 Å². The van der Waals surface area contributed by atoms with Crippen molar-refractivity contribution in [1.29, 1.82) is 0 Å². The second kappa shape index (κ2) is 7.61. The van der Waals surface area contributed by atoms with Crippen molar-refractivity contribution < 1.29 is 9.21 Å². The first-order valence-corrected chi connectivity index (χ1v) is 8.66. The zero-order chi connectivity index (χ0) is 18.7. The summed E-state index contributed by atoms with van der Waals surface area (Å²) < 4.78 is 7.90. The van der Waals surface area contributed by atoms with Crippen molar-refractivity contribution in [3.63, 3.8) is 0 Å². The van der Waals surface area contributed by atoms with Gasteiger partial charge in [-0.2, -0.15) is 4.68 Å². The summed E-state index contributed by atoms with van der Waals surface area (Å²) in [6.45, 7) is 3.74. The molecule has 2 aromatic heterocycles. The lowest BCUT2D eigenvalue weighted by atomic mass is 10.2. The Morgan fingerprint density at radius 2 is 2.04 bits per heavy atom. The highest BCUT2D eigenvalue weighted by atomic mass is 35.5. The summed E-state index contributed by atoms with van der Waals surface area (Å²) in [5, 5.41) is 7.76. The summed E-state index contributed by atoms with van der Waals surface area (Å²) >= 11 is 5.91. The third-order valence-corrected chi connectivity index (χ3v) is 4.25. The third kappa shape index (κ3) is 3.72. The van der Waals surface area contributed by atoms with Gasteiger partial charge >= 0.3 is 5.69 Å². The Kier molecular flexibility index (Phi) is 5.27. The first-order valence-electron chi connectivity index (χ1n) is 8.28. The van der Waals surface area contributed by atoms with E-state index in [-0.39, 0.29) is 24.3 Å². The minimum Gasteiger partial charge on any atom is -0.461 e. The van der Waals surface area contributed by atoms with E-state index in [0.717, 1.165) is 6.42 Å². The lowest BCUT2D eigenvalue weighted by molar-refractivity contribution is -0.122. The van der Waals surface area contributed by atoms with Gasteiger partial charge in [0, 0.05) is 11.1 Å². The van der Waals surface area contributed by atoms with E-state index in [1.165, 1.54) is 15.5 Å². The average Bonchev–Trinajstić information content (AvgIpc) is 3.25. The number of aromatic nitrogens is 3. The highest BCUT2D eigenvalue weighted by molar-refractivity contribution is 6.30. The number of carbonyl (C=O) groups excluding carboxylic acids is 1. The minimum absolute atomic E-state index is 0.0246. The van der Waals surface area contributed by atoms with E-state index >= 15 is 0 Å². The van der Waals surface area contributed by atoms with Crippen molar-refractivity contribution in [2.45, 2.75) is 32.9 Å². The summed E-state index contributed by atoms with van der Waals surface area (Å²) in [6, 6.07) is 10.1. The summed E-state index contributed by atoms with van der Waals surface area (Å²) in [4.78, 5) is 25.2. The quantitative estimate of drug-likeness (QED) is 0.719. The van der Waals surface area contributed by atoms with Crippen LogP contribution in [0.15, 0.2) is 51.9 Å². The van der Waals surface area contributed by atoms with Crippen LogP contribution in [0.5, 0.6) is 0 Å². The van der Waals surface area contributed by atoms with Crippen LogP contribution < -0.4 is 11.0 Å². The molecule has 0 aliphatic heterocycles. The highest BCUT2D eigenvalue weighted by Gasteiger charge is 2.20. The number of carbonyl (C=O) groups is 1. The molecule has 3 rings (SSSR count). The van der Waals surface area contributed by atoms with Crippen LogP contribution in [0.2, 0.25) is 5.02 Å². The number of nitrogens with zero attached hydrogens (tertiary/aromatic N) is 3. The molecule has 0 aliphatic carbocycles. The Hall–Kier alpha value is -2.80. The maximum atomic E-state index is 12.9. The molecule has 0 spiro atoms. The summed E-state index contributed by atoms with van der Waals surface area (Å²) in [7, 11) is 0. The zero-order valence-corrected chi connectivity index (χ0v) is 15.2. The van der Waals surface area contributed by atoms with Crippen LogP contribution in [0.1, 0.15) is 20.3 Å². The molecule has 0 saturated carbocycles. The van der Waals surface area contributed by atoms with Gasteiger partial charge in [-0.1, -0.05) is 18.5 Å². The molecular weight excluding hydrogens is 356 g/mol. The number of rotatable bonds is 6. The smallest absolute Gasteiger partial charge is 0.351 e. The van der Waals surface area contributed by atoms with Crippen LogP contribution in [-0.2, 0) is 11.3 Å². The summed E-state index contributed by atoms with van der Waals surface area (Å²) in [5.41, 5.74) is 0.117. The van der Waals surface area contributed by atoms with Crippen LogP contribution in [0.4, 0.5) is 0 Å². The van der Waals surface area contributed by atoms with E-state index in [4.69, 9.17) is 16.0 Å². The molecule has 7 nitrogen and oxygen atoms in total. The van der Waals surface area contributed by atoms with Crippen LogP contribution in [0.25, 0.3) is 17.3 Å². The standard InChI is InChI=1S/C18H19ClN4O3/c1-3-12(2)20-16(24)11-22-17(15-5-4-10-26-15)21-23(18(22)25)14-8-6-13(19)7-9-14/h4-10,12H,3,11H2,1-2H3,(H,20,24). The molecule has 1 unspecified atom stereocenters. The normalized spacial score (nSPS) is 12.1. The number of hydrogen-bond acceptors (Lipinski definition) is 4. The largest absolute Gasteiger partial charge is 0.461 e. The Labute approximate surface area is 155 Å². The number of halogens is 1. The second-order valence-corrected chi connectivity index (χ2v) is 6.37. The molecule has 0 saturated heterocycles. The predicted octanol–water partition coefficient (Wildman–Crippen LogP) is 2.86. The van der Waals surface area contributed by atoms with Crippen molar-refractivity contribution in [1.82, 2.24) is 19.7 Å². The maximum absolute atomic E-state index is 12.9. The summed E-state index contributed by atoms with van der Waals surface area (Å²) in [5.74, 6) is 0.435. The lowest BCUT2D eigenvalue weighted by Crippen LogP contribution is -2.37. The van der Waals surface area contributed by atoms with Gasteiger partial charge in [0.1, 0.15) is 6.54 Å². The Bertz CT molecular complexity index is 942. The van der Waals surface area contributed by atoms with Gasteiger partial charge in [-0.3, -0.25) is 9.36 Å². The van der Waals surface area contributed by atoms with Crippen LogP contribution in [0, 0.1) is 0 Å². The fraction of sp³-hybridized carbons (Fsp3) is 0.278. The SMILES string of the molecule is CCC(C)NC(=O)Cn1c(-c2ccco2)nn(-c2ccc(Cl)cc2)c1=O. The number of benzene rings is 1. The molecule has 2 heterocycles. The number of hydrogen-bond donors (Lipinski definition) is 1. The molecule has 0 bridgehead atoms. The molecule has 1 atom stereocenters. The lowest BCUT2D eigenvalue weighted by Gasteiger charge is -2.11. The molecule has 1 aromatic carbocycles. The molecular formula is C18H19ClN4O3. The third-order valence-electron chi connectivity index (χ3n) is 4.00. The van der Waals surface area contributed by atoms with Gasteiger partial charge in [0.2, 0.25) is 11.7 Å². The van der Waals surface area contributed by atoms with Gasteiger partial charge in [-0.15, -0.1) is 5.10 Å². The van der Waals surface area contributed by atoms with E-state index in [0.29, 0.717) is 16.5 Å². The minimum atomic E-state index is -0.432. The molecule has 8 heteroatoms. The second-order valence-electron chi connectivity index (χ2n) is 5.93. The molecule has 136 valence electrons. The van der Waals surface area contributed by atoms with Gasteiger partial charge in [-0.25, -0.2) is 4.79 Å². The van der Waals surface area contributed by atoms with Gasteiger partial charge in [0.25, 0.3) is 0 Å². The molecule has 0 aliphatic rings. The first kappa shape index (κ1) is 18.0. The van der Waals surface area contributed by atoms with Gasteiger partial charge in [-0.05, 0) is 49.7 Å². The van der Waals surface area contributed by atoms with Crippen LogP contribution in [-0.4, -0.2) is 26.3 Å². The highest BCUT2D eigenvalue weighted by Crippen LogP contribution is 2.18. The number of furan rings is 1. The van der Waals surface area contributed by atoms with Crippen LogP contribution in [0.3, 0.4) is 0 Å². The predicted molar refractivity (Wildman–Crippen MR) is 98.4 cm³/mol. The topological polar surface area (TPSA) is 82.1 Å². The van der Waals surface area contributed by atoms with Crippen molar-refractivity contribution in [3.05, 3.63) is 58.2 Å². The molecule has 3 aromatic rings. The molecule has 0 radical (unpaired) electrons. The Morgan fingerprint density at radius 3 is 2.65 bits per heavy atom. The van der Waals surface area contributed by atoms with Gasteiger partial charge < -0.3 is 9.73 Å². The average molecular weight is 375 g/mol. The monoisotopic (exact) mass is 374 g/mol. The first-order chi connectivity index (χ1) is 12.5. The number of nitrogens with one attached hydrogen (secondary N) is 1. The van der Waals surface area contributed by atoms with Crippen molar-refractivity contribution in [2.75, 3.05) is 0 Å². The molecule has 1 N–H and O–H groups in total. The molecule has 26 heavy (non-hydrogen) atoms. The van der Waals surface area contributed by atoms with E-state index < -0.39 is 5.69 Å². The van der Waals surface area contributed by atoms with Crippen LogP contribution >= 0.6 is 11.6 Å². The van der Waals surface area contributed by atoms with Gasteiger partial charge in [0.15, 0.2) is 5.76 Å². The zero-order valence-electron chi connectivity index (χ0n) is 14.5. The number of amides is 1. The fourth-order valence-electron chi connectivity index (χ4n) is 2.44. The van der Waals surface area contributed by atoms with Crippen molar-refractivity contribution >= 4 is 17.5 Å². The Balaban J connectivity index is 2.03. The summed E-state index contributed by atoms with van der Waals surface area (Å²) in [6.07, 6.45) is 2.29. The fourth-order valence-corrected chi connectivity index (χ4v) is 2.57. The Morgan fingerprint density at radius 1 is 1.31 bits per heavy atom. The van der Waals surface area contributed by atoms with E-state index in [9.17, 15) is 9.59 Å². The van der Waals surface area contributed by atoms with Crippen molar-refractivity contribution in [3.8, 4) is 17.3 Å². The molecule has 0 fully saturated rings.